The number of anilines is 1. The lowest BCUT2D eigenvalue weighted by Gasteiger charge is -2.18. The Morgan fingerprint density at radius 1 is 1.38 bits per heavy atom. The van der Waals surface area contributed by atoms with E-state index in [1.165, 1.54) is 12.1 Å². The van der Waals surface area contributed by atoms with E-state index in [1.54, 1.807) is 19.1 Å². The molecule has 0 N–H and O–H groups in total. The molecule has 6 nitrogen and oxygen atoms in total. The SMILES string of the molecule is COc1cccc(CN(C)c2cc([N+](=O)[O-])cc(Cl)n2)c1. The minimum Gasteiger partial charge on any atom is -0.497 e. The van der Waals surface area contributed by atoms with Gasteiger partial charge in [0, 0.05) is 13.6 Å². The summed E-state index contributed by atoms with van der Waals surface area (Å²) in [6, 6.07) is 10.2. The van der Waals surface area contributed by atoms with Crippen molar-refractivity contribution in [2.24, 2.45) is 0 Å². The zero-order valence-electron chi connectivity index (χ0n) is 11.6. The third-order valence-electron chi connectivity index (χ3n) is 2.92. The summed E-state index contributed by atoms with van der Waals surface area (Å²) in [6.07, 6.45) is 0. The van der Waals surface area contributed by atoms with Gasteiger partial charge in [-0.3, -0.25) is 10.1 Å². The molecule has 0 aliphatic carbocycles. The van der Waals surface area contributed by atoms with Gasteiger partial charge in [0.05, 0.1) is 24.2 Å². The lowest BCUT2D eigenvalue weighted by molar-refractivity contribution is -0.384. The average Bonchev–Trinajstić information content (AvgIpc) is 2.46. The molecule has 7 heteroatoms. The molecule has 0 bridgehead atoms. The fourth-order valence-corrected chi connectivity index (χ4v) is 2.09. The first-order valence-corrected chi connectivity index (χ1v) is 6.53. The van der Waals surface area contributed by atoms with Gasteiger partial charge < -0.3 is 9.64 Å². The second-order valence-corrected chi connectivity index (χ2v) is 4.86. The predicted molar refractivity (Wildman–Crippen MR) is 81.0 cm³/mol. The Balaban J connectivity index is 2.23. The van der Waals surface area contributed by atoms with Crippen LogP contribution in [0.15, 0.2) is 36.4 Å². The van der Waals surface area contributed by atoms with Crippen molar-refractivity contribution in [2.45, 2.75) is 6.54 Å². The van der Waals surface area contributed by atoms with Gasteiger partial charge in [0.15, 0.2) is 0 Å². The standard InChI is InChI=1S/C14H14ClN3O3/c1-17(9-10-4-3-5-12(6-10)21-2)14-8-11(18(19)20)7-13(15)16-14/h3-8H,9H2,1-2H3. The van der Waals surface area contributed by atoms with Gasteiger partial charge in [0.25, 0.3) is 5.69 Å². The first kappa shape index (κ1) is 15.1. The van der Waals surface area contributed by atoms with E-state index < -0.39 is 4.92 Å². The highest BCUT2D eigenvalue weighted by atomic mass is 35.5. The van der Waals surface area contributed by atoms with Crippen LogP contribution in [0.25, 0.3) is 0 Å². The van der Waals surface area contributed by atoms with E-state index in [0.717, 1.165) is 11.3 Å². The number of methoxy groups -OCH3 is 1. The summed E-state index contributed by atoms with van der Waals surface area (Å²) >= 11 is 5.83. The summed E-state index contributed by atoms with van der Waals surface area (Å²) in [5.41, 5.74) is 0.920. The predicted octanol–water partition coefficient (Wildman–Crippen LogP) is 3.29. The van der Waals surface area contributed by atoms with Crippen molar-refractivity contribution in [1.29, 1.82) is 0 Å². The van der Waals surface area contributed by atoms with E-state index >= 15 is 0 Å². The van der Waals surface area contributed by atoms with E-state index in [2.05, 4.69) is 4.98 Å². The van der Waals surface area contributed by atoms with Crippen molar-refractivity contribution < 1.29 is 9.66 Å². The Labute approximate surface area is 127 Å². The van der Waals surface area contributed by atoms with Crippen molar-refractivity contribution in [2.75, 3.05) is 19.1 Å². The largest absolute Gasteiger partial charge is 0.497 e. The van der Waals surface area contributed by atoms with Crippen LogP contribution in [-0.4, -0.2) is 24.1 Å². The second-order valence-electron chi connectivity index (χ2n) is 4.47. The number of nitro groups is 1. The number of halogens is 1. The lowest BCUT2D eigenvalue weighted by Crippen LogP contribution is -2.18. The maximum Gasteiger partial charge on any atom is 0.276 e. The fourth-order valence-electron chi connectivity index (χ4n) is 1.90. The summed E-state index contributed by atoms with van der Waals surface area (Å²) in [7, 11) is 3.40. The van der Waals surface area contributed by atoms with E-state index in [0.29, 0.717) is 12.4 Å². The highest BCUT2D eigenvalue weighted by Crippen LogP contribution is 2.24. The minimum absolute atomic E-state index is 0.0810. The summed E-state index contributed by atoms with van der Waals surface area (Å²) in [5.74, 6) is 1.20. The molecule has 110 valence electrons. The Kier molecular flexibility index (Phi) is 4.59. The minimum atomic E-state index is -0.490. The van der Waals surface area contributed by atoms with Crippen LogP contribution in [-0.2, 0) is 6.54 Å². The molecule has 0 radical (unpaired) electrons. The number of pyridine rings is 1. The van der Waals surface area contributed by atoms with Gasteiger partial charge in [0.1, 0.15) is 16.7 Å². The number of ether oxygens (including phenoxy) is 1. The molecule has 0 saturated carbocycles. The molecule has 0 fully saturated rings. The first-order chi connectivity index (χ1) is 9.99. The van der Waals surface area contributed by atoms with Crippen molar-refractivity contribution in [3.63, 3.8) is 0 Å². The molecule has 0 atom stereocenters. The number of benzene rings is 1. The van der Waals surface area contributed by atoms with Gasteiger partial charge in [0.2, 0.25) is 0 Å². The molecule has 1 aromatic heterocycles. The molecule has 1 heterocycles. The normalized spacial score (nSPS) is 10.2. The van der Waals surface area contributed by atoms with Crippen molar-refractivity contribution in [3.05, 3.63) is 57.2 Å². The lowest BCUT2D eigenvalue weighted by atomic mass is 10.2. The first-order valence-electron chi connectivity index (χ1n) is 6.15. The fraction of sp³-hybridized carbons (Fsp3) is 0.214. The van der Waals surface area contributed by atoms with Crippen LogP contribution < -0.4 is 9.64 Å². The highest BCUT2D eigenvalue weighted by Gasteiger charge is 2.13. The number of rotatable bonds is 5. The third kappa shape index (κ3) is 3.82. The van der Waals surface area contributed by atoms with Crippen LogP contribution in [0.2, 0.25) is 5.15 Å². The molecule has 0 saturated heterocycles. The zero-order valence-corrected chi connectivity index (χ0v) is 12.4. The summed E-state index contributed by atoms with van der Waals surface area (Å²) in [4.78, 5) is 16.3. The van der Waals surface area contributed by atoms with E-state index in [9.17, 15) is 10.1 Å². The smallest absolute Gasteiger partial charge is 0.276 e. The topological polar surface area (TPSA) is 68.5 Å². The van der Waals surface area contributed by atoms with Gasteiger partial charge in [-0.05, 0) is 17.7 Å². The molecule has 0 aliphatic rings. The molecule has 0 aliphatic heterocycles. The molecular weight excluding hydrogens is 294 g/mol. The molecule has 1 aromatic carbocycles. The van der Waals surface area contributed by atoms with E-state index in [4.69, 9.17) is 16.3 Å². The molecule has 2 aromatic rings. The highest BCUT2D eigenvalue weighted by molar-refractivity contribution is 6.29. The van der Waals surface area contributed by atoms with Crippen LogP contribution in [0, 0.1) is 10.1 Å². The Morgan fingerprint density at radius 3 is 2.81 bits per heavy atom. The molecule has 0 spiro atoms. The van der Waals surface area contributed by atoms with Gasteiger partial charge in [-0.2, -0.15) is 0 Å². The van der Waals surface area contributed by atoms with Gasteiger partial charge in [-0.1, -0.05) is 23.7 Å². The summed E-state index contributed by atoms with van der Waals surface area (Å²) in [5, 5.41) is 10.9. The number of nitrogens with zero attached hydrogens (tertiary/aromatic N) is 3. The number of aromatic nitrogens is 1. The van der Waals surface area contributed by atoms with Gasteiger partial charge in [-0.15, -0.1) is 0 Å². The van der Waals surface area contributed by atoms with Crippen molar-refractivity contribution in [1.82, 2.24) is 4.98 Å². The van der Waals surface area contributed by atoms with Crippen LogP contribution in [0.5, 0.6) is 5.75 Å². The van der Waals surface area contributed by atoms with Crippen LogP contribution in [0.4, 0.5) is 11.5 Å². The quantitative estimate of drug-likeness (QED) is 0.481. The van der Waals surface area contributed by atoms with Crippen LogP contribution >= 0.6 is 11.6 Å². The average molecular weight is 308 g/mol. The monoisotopic (exact) mass is 307 g/mol. The summed E-state index contributed by atoms with van der Waals surface area (Å²) in [6.45, 7) is 0.529. The van der Waals surface area contributed by atoms with Gasteiger partial charge >= 0.3 is 0 Å². The molecular formula is C14H14ClN3O3. The maximum atomic E-state index is 10.9. The Bertz CT molecular complexity index is 664. The maximum absolute atomic E-state index is 10.9. The Morgan fingerprint density at radius 2 is 2.14 bits per heavy atom. The van der Waals surface area contributed by atoms with E-state index in [1.807, 2.05) is 24.3 Å². The molecule has 2 rings (SSSR count). The number of hydrogen-bond acceptors (Lipinski definition) is 5. The van der Waals surface area contributed by atoms with E-state index in [-0.39, 0.29) is 10.8 Å². The van der Waals surface area contributed by atoms with Crippen molar-refractivity contribution >= 4 is 23.1 Å². The number of hydrogen-bond donors (Lipinski definition) is 0. The third-order valence-corrected chi connectivity index (χ3v) is 3.11. The summed E-state index contributed by atoms with van der Waals surface area (Å²) < 4.78 is 5.17. The van der Waals surface area contributed by atoms with Crippen molar-refractivity contribution in [3.8, 4) is 5.75 Å². The van der Waals surface area contributed by atoms with Crippen LogP contribution in [0.3, 0.4) is 0 Å². The molecule has 0 amide bonds. The zero-order chi connectivity index (χ0) is 15.4. The second kappa shape index (κ2) is 6.41. The van der Waals surface area contributed by atoms with Gasteiger partial charge in [-0.25, -0.2) is 4.98 Å². The van der Waals surface area contributed by atoms with Crippen LogP contribution in [0.1, 0.15) is 5.56 Å². The Hall–Kier alpha value is -2.34. The molecule has 21 heavy (non-hydrogen) atoms. The molecule has 0 unspecified atom stereocenters.